The molecule has 1 amide bonds. The molecule has 1 heterocycles. The average Bonchev–Trinajstić information content (AvgIpc) is 3.56. The fourth-order valence-corrected chi connectivity index (χ4v) is 5.55. The molecule has 0 unspecified atom stereocenters. The third-order valence-electron chi connectivity index (χ3n) is 5.93. The molecule has 4 rings (SSSR count). The molecule has 10 heteroatoms. The largest absolute Gasteiger partial charge is 0.416 e. The normalized spacial score (nSPS) is 14.2. The van der Waals surface area contributed by atoms with Crippen LogP contribution in [0, 0.1) is 0 Å². The maximum Gasteiger partial charge on any atom is 0.416 e. The Morgan fingerprint density at radius 3 is 2.40 bits per heavy atom. The van der Waals surface area contributed by atoms with Crippen molar-refractivity contribution in [3.63, 3.8) is 0 Å². The zero-order valence-corrected chi connectivity index (χ0v) is 20.0. The van der Waals surface area contributed by atoms with E-state index in [1.54, 1.807) is 9.47 Å². The van der Waals surface area contributed by atoms with Crippen LogP contribution in [0.5, 0.6) is 0 Å². The standard InChI is InChI=1S/C25H26F3N3O3S/c1-2-30(23(32)14-18-7-4-3-5-8-18)16-22-15-29-24(31(22)21-11-12-21)35(33,34)17-19-9-6-10-20(13-19)25(26,27)28/h3-10,13,15,21H,2,11-12,14,16-17H2,1H3. The van der Waals surface area contributed by atoms with Crippen LogP contribution in [0.2, 0.25) is 0 Å². The molecule has 1 saturated carbocycles. The van der Waals surface area contributed by atoms with E-state index >= 15 is 0 Å². The Morgan fingerprint density at radius 2 is 1.77 bits per heavy atom. The van der Waals surface area contributed by atoms with Gasteiger partial charge in [-0.2, -0.15) is 13.2 Å². The molecule has 0 aliphatic heterocycles. The Morgan fingerprint density at radius 1 is 1.09 bits per heavy atom. The monoisotopic (exact) mass is 505 g/mol. The molecule has 6 nitrogen and oxygen atoms in total. The van der Waals surface area contributed by atoms with Crippen molar-refractivity contribution in [3.05, 3.63) is 83.2 Å². The van der Waals surface area contributed by atoms with Crippen LogP contribution >= 0.6 is 0 Å². The van der Waals surface area contributed by atoms with Gasteiger partial charge in [-0.25, -0.2) is 13.4 Å². The van der Waals surface area contributed by atoms with Gasteiger partial charge < -0.3 is 9.47 Å². The molecule has 3 aromatic rings. The molecule has 0 saturated heterocycles. The summed E-state index contributed by atoms with van der Waals surface area (Å²) in [6.45, 7) is 2.49. The molecule has 1 fully saturated rings. The van der Waals surface area contributed by atoms with Gasteiger partial charge >= 0.3 is 6.18 Å². The van der Waals surface area contributed by atoms with Crippen LogP contribution in [0.1, 0.15) is 48.2 Å². The van der Waals surface area contributed by atoms with E-state index in [0.29, 0.717) is 12.2 Å². The summed E-state index contributed by atoms with van der Waals surface area (Å²) in [6.07, 6.45) is -1.32. The lowest BCUT2D eigenvalue weighted by atomic mass is 10.1. The summed E-state index contributed by atoms with van der Waals surface area (Å²) in [5, 5.41) is -0.168. The SMILES string of the molecule is CCN(Cc1cnc(S(=O)(=O)Cc2cccc(C(F)(F)F)c2)n1C1CC1)C(=O)Cc1ccccc1. The van der Waals surface area contributed by atoms with Crippen LogP contribution < -0.4 is 0 Å². The van der Waals surface area contributed by atoms with Crippen molar-refractivity contribution in [3.8, 4) is 0 Å². The highest BCUT2D eigenvalue weighted by Crippen LogP contribution is 2.39. The summed E-state index contributed by atoms with van der Waals surface area (Å²) < 4.78 is 67.3. The van der Waals surface area contributed by atoms with E-state index in [4.69, 9.17) is 0 Å². The van der Waals surface area contributed by atoms with Gasteiger partial charge in [0.1, 0.15) is 0 Å². The summed E-state index contributed by atoms with van der Waals surface area (Å²) in [4.78, 5) is 18.7. The Balaban J connectivity index is 1.57. The lowest BCUT2D eigenvalue weighted by Gasteiger charge is -2.22. The molecule has 35 heavy (non-hydrogen) atoms. The van der Waals surface area contributed by atoms with Crippen molar-refractivity contribution in [2.24, 2.45) is 0 Å². The molecule has 0 spiro atoms. The zero-order valence-electron chi connectivity index (χ0n) is 19.2. The van der Waals surface area contributed by atoms with Gasteiger partial charge in [0.2, 0.25) is 20.9 Å². The second kappa shape index (κ2) is 9.85. The molecule has 0 radical (unpaired) electrons. The Hall–Kier alpha value is -3.14. The van der Waals surface area contributed by atoms with Crippen molar-refractivity contribution in [2.75, 3.05) is 6.54 Å². The van der Waals surface area contributed by atoms with Crippen molar-refractivity contribution < 1.29 is 26.4 Å². The van der Waals surface area contributed by atoms with E-state index in [2.05, 4.69) is 4.98 Å². The molecule has 186 valence electrons. The van der Waals surface area contributed by atoms with E-state index in [1.807, 2.05) is 37.3 Å². The first-order valence-electron chi connectivity index (χ1n) is 11.3. The van der Waals surface area contributed by atoms with Gasteiger partial charge in [-0.05, 0) is 37.0 Å². The van der Waals surface area contributed by atoms with Crippen LogP contribution in [-0.4, -0.2) is 35.3 Å². The summed E-state index contributed by atoms with van der Waals surface area (Å²) >= 11 is 0. The quantitative estimate of drug-likeness (QED) is 0.419. The molecule has 1 aromatic heterocycles. The van der Waals surface area contributed by atoms with Crippen molar-refractivity contribution in [1.29, 1.82) is 0 Å². The minimum absolute atomic E-state index is 0.0416. The molecule has 0 atom stereocenters. The Kier molecular flexibility index (Phi) is 7.02. The van der Waals surface area contributed by atoms with E-state index in [0.717, 1.165) is 30.5 Å². The number of benzene rings is 2. The van der Waals surface area contributed by atoms with Gasteiger partial charge in [0.05, 0.1) is 36.2 Å². The smallest absolute Gasteiger partial charge is 0.337 e. The second-order valence-corrected chi connectivity index (χ2v) is 10.5. The third kappa shape index (κ3) is 5.93. The van der Waals surface area contributed by atoms with Crippen LogP contribution in [0.15, 0.2) is 66.0 Å². The van der Waals surface area contributed by atoms with Crippen LogP contribution in [0.25, 0.3) is 0 Å². The number of carbonyl (C=O) groups is 1. The van der Waals surface area contributed by atoms with Crippen molar-refractivity contribution in [1.82, 2.24) is 14.5 Å². The van der Waals surface area contributed by atoms with Crippen LogP contribution in [0.4, 0.5) is 13.2 Å². The number of likely N-dealkylation sites (N-methyl/N-ethyl adjacent to an activating group) is 1. The second-order valence-electron chi connectivity index (χ2n) is 8.66. The van der Waals surface area contributed by atoms with Gasteiger partial charge in [0.25, 0.3) is 0 Å². The van der Waals surface area contributed by atoms with Crippen LogP contribution in [-0.2, 0) is 39.5 Å². The summed E-state index contributed by atoms with van der Waals surface area (Å²) in [6, 6.07) is 13.6. The molecule has 1 aliphatic rings. The number of sulfone groups is 1. The first-order valence-corrected chi connectivity index (χ1v) is 13.0. The maximum atomic E-state index is 13.2. The minimum Gasteiger partial charge on any atom is -0.337 e. The minimum atomic E-state index is -4.56. The summed E-state index contributed by atoms with van der Waals surface area (Å²) in [5.74, 6) is -0.680. The highest BCUT2D eigenvalue weighted by molar-refractivity contribution is 7.90. The van der Waals surface area contributed by atoms with E-state index < -0.39 is 27.3 Å². The topological polar surface area (TPSA) is 72.3 Å². The predicted molar refractivity (Wildman–Crippen MR) is 124 cm³/mol. The average molecular weight is 506 g/mol. The number of imidazole rings is 1. The number of amides is 1. The van der Waals surface area contributed by atoms with E-state index in [1.165, 1.54) is 18.3 Å². The number of alkyl halides is 3. The Bertz CT molecular complexity index is 1300. The zero-order chi connectivity index (χ0) is 25.2. The van der Waals surface area contributed by atoms with E-state index in [-0.39, 0.29) is 35.6 Å². The number of aromatic nitrogens is 2. The first-order chi connectivity index (χ1) is 16.6. The molecular weight excluding hydrogens is 479 g/mol. The maximum absolute atomic E-state index is 13.2. The fraction of sp³-hybridized carbons (Fsp3) is 0.360. The molecule has 0 bridgehead atoms. The van der Waals surface area contributed by atoms with Crippen LogP contribution in [0.3, 0.4) is 0 Å². The van der Waals surface area contributed by atoms with Gasteiger partial charge in [-0.3, -0.25) is 4.79 Å². The lowest BCUT2D eigenvalue weighted by Crippen LogP contribution is -2.32. The highest BCUT2D eigenvalue weighted by Gasteiger charge is 2.35. The Labute approximate surface area is 202 Å². The molecule has 0 N–H and O–H groups in total. The van der Waals surface area contributed by atoms with E-state index in [9.17, 15) is 26.4 Å². The number of hydrogen-bond acceptors (Lipinski definition) is 4. The number of hydrogen-bond donors (Lipinski definition) is 0. The number of carbonyl (C=O) groups excluding carboxylic acids is 1. The molecular formula is C25H26F3N3O3S. The van der Waals surface area contributed by atoms with Crippen molar-refractivity contribution in [2.45, 2.75) is 55.9 Å². The van der Waals surface area contributed by atoms with Gasteiger partial charge in [0, 0.05) is 12.6 Å². The summed E-state index contributed by atoms with van der Waals surface area (Å²) in [7, 11) is -4.02. The number of halogens is 3. The number of nitrogens with zero attached hydrogens (tertiary/aromatic N) is 3. The summed E-state index contributed by atoms with van der Waals surface area (Å²) in [5.41, 5.74) is 0.626. The number of rotatable bonds is 9. The lowest BCUT2D eigenvalue weighted by molar-refractivity contribution is -0.137. The predicted octanol–water partition coefficient (Wildman–Crippen LogP) is 4.80. The molecule has 2 aromatic carbocycles. The first kappa shape index (κ1) is 25.0. The highest BCUT2D eigenvalue weighted by atomic mass is 32.2. The van der Waals surface area contributed by atoms with Gasteiger partial charge in [0.15, 0.2) is 0 Å². The van der Waals surface area contributed by atoms with Crippen molar-refractivity contribution >= 4 is 15.7 Å². The third-order valence-corrected chi connectivity index (χ3v) is 7.50. The van der Waals surface area contributed by atoms with Gasteiger partial charge in [-0.15, -0.1) is 0 Å². The fourth-order valence-electron chi connectivity index (χ4n) is 4.02. The molecule has 1 aliphatic carbocycles. The van der Waals surface area contributed by atoms with Gasteiger partial charge in [-0.1, -0.05) is 48.5 Å².